The van der Waals surface area contributed by atoms with E-state index in [9.17, 15) is 0 Å². The standard InChI is InChI=1S/C9H17NOS2/c1-3-7-8(9(10)11-4-2)13-6-5-12-7/h7-8,10H,3-6H2,1-2H3. The molecule has 0 saturated carbocycles. The van der Waals surface area contributed by atoms with E-state index in [0.29, 0.717) is 23.0 Å². The van der Waals surface area contributed by atoms with Crippen LogP contribution in [0.3, 0.4) is 0 Å². The summed E-state index contributed by atoms with van der Waals surface area (Å²) in [6.45, 7) is 4.75. The molecule has 1 aliphatic rings. The Morgan fingerprint density at radius 2 is 2.08 bits per heavy atom. The Hall–Kier alpha value is 0.170. The van der Waals surface area contributed by atoms with E-state index in [1.54, 1.807) is 0 Å². The first-order chi connectivity index (χ1) is 6.29. The maximum atomic E-state index is 7.76. The molecule has 0 aromatic heterocycles. The van der Waals surface area contributed by atoms with E-state index < -0.39 is 0 Å². The molecule has 2 nitrogen and oxygen atoms in total. The average molecular weight is 219 g/mol. The lowest BCUT2D eigenvalue weighted by Gasteiger charge is -2.29. The zero-order valence-electron chi connectivity index (χ0n) is 8.21. The van der Waals surface area contributed by atoms with Crippen molar-refractivity contribution in [2.24, 2.45) is 0 Å². The molecule has 0 radical (unpaired) electrons. The van der Waals surface area contributed by atoms with Gasteiger partial charge >= 0.3 is 0 Å². The minimum absolute atomic E-state index is 0.295. The van der Waals surface area contributed by atoms with Crippen LogP contribution >= 0.6 is 23.5 Å². The van der Waals surface area contributed by atoms with Crippen LogP contribution in [0.25, 0.3) is 0 Å². The highest BCUT2D eigenvalue weighted by Gasteiger charge is 2.29. The summed E-state index contributed by atoms with van der Waals surface area (Å²) in [6.07, 6.45) is 1.14. The molecule has 1 rings (SSSR count). The van der Waals surface area contributed by atoms with Gasteiger partial charge < -0.3 is 4.74 Å². The molecule has 76 valence electrons. The van der Waals surface area contributed by atoms with Crippen LogP contribution < -0.4 is 0 Å². The van der Waals surface area contributed by atoms with Crippen molar-refractivity contribution in [3.05, 3.63) is 0 Å². The SMILES string of the molecule is CCOC(=N)C1SCCSC1CC. The van der Waals surface area contributed by atoms with Gasteiger partial charge in [-0.2, -0.15) is 11.8 Å². The molecule has 0 aromatic carbocycles. The first-order valence-electron chi connectivity index (χ1n) is 4.74. The number of thioether (sulfide) groups is 2. The van der Waals surface area contributed by atoms with Crippen molar-refractivity contribution >= 4 is 29.4 Å². The second-order valence-corrected chi connectivity index (χ2v) is 5.50. The summed E-state index contributed by atoms with van der Waals surface area (Å²) in [5.74, 6) is 2.85. The summed E-state index contributed by atoms with van der Waals surface area (Å²) in [7, 11) is 0. The third-order valence-corrected chi connectivity index (χ3v) is 5.26. The first-order valence-corrected chi connectivity index (χ1v) is 6.83. The molecule has 1 aliphatic heterocycles. The second kappa shape index (κ2) is 5.81. The van der Waals surface area contributed by atoms with Crippen molar-refractivity contribution < 1.29 is 4.74 Å². The highest BCUT2D eigenvalue weighted by Crippen LogP contribution is 2.33. The quantitative estimate of drug-likeness (QED) is 0.585. The van der Waals surface area contributed by atoms with Gasteiger partial charge in [-0.15, -0.1) is 11.8 Å². The second-order valence-electron chi connectivity index (χ2n) is 2.91. The van der Waals surface area contributed by atoms with Gasteiger partial charge in [0, 0.05) is 16.8 Å². The number of rotatable bonds is 3. The Balaban J connectivity index is 2.48. The van der Waals surface area contributed by atoms with Gasteiger partial charge in [0.05, 0.1) is 11.9 Å². The van der Waals surface area contributed by atoms with Crippen molar-refractivity contribution in [3.8, 4) is 0 Å². The summed E-state index contributed by atoms with van der Waals surface area (Å²) in [5, 5.41) is 8.64. The van der Waals surface area contributed by atoms with E-state index in [-0.39, 0.29) is 0 Å². The lowest BCUT2D eigenvalue weighted by molar-refractivity contribution is 0.315. The first kappa shape index (κ1) is 11.2. The fourth-order valence-corrected chi connectivity index (χ4v) is 4.34. The third kappa shape index (κ3) is 3.09. The van der Waals surface area contributed by atoms with Crippen molar-refractivity contribution in [2.45, 2.75) is 30.8 Å². The van der Waals surface area contributed by atoms with Crippen LogP contribution in [0.2, 0.25) is 0 Å². The van der Waals surface area contributed by atoms with Crippen molar-refractivity contribution in [2.75, 3.05) is 18.1 Å². The molecule has 1 N–H and O–H groups in total. The molecular weight excluding hydrogens is 202 g/mol. The summed E-state index contributed by atoms with van der Waals surface area (Å²) in [6, 6.07) is 0. The molecule has 1 heterocycles. The van der Waals surface area contributed by atoms with Gasteiger partial charge in [-0.1, -0.05) is 6.92 Å². The topological polar surface area (TPSA) is 33.1 Å². The molecule has 0 amide bonds. The highest BCUT2D eigenvalue weighted by atomic mass is 32.2. The molecule has 0 aromatic rings. The maximum Gasteiger partial charge on any atom is 0.195 e. The van der Waals surface area contributed by atoms with E-state index >= 15 is 0 Å². The van der Waals surface area contributed by atoms with Gasteiger partial charge in [0.25, 0.3) is 0 Å². The van der Waals surface area contributed by atoms with Gasteiger partial charge in [-0.05, 0) is 13.3 Å². The number of hydrogen-bond donors (Lipinski definition) is 1. The zero-order valence-corrected chi connectivity index (χ0v) is 9.84. The molecule has 2 unspecified atom stereocenters. The van der Waals surface area contributed by atoms with Gasteiger partial charge in [-0.3, -0.25) is 5.41 Å². The largest absolute Gasteiger partial charge is 0.481 e. The highest BCUT2D eigenvalue weighted by molar-refractivity contribution is 8.07. The van der Waals surface area contributed by atoms with Crippen molar-refractivity contribution in [1.82, 2.24) is 0 Å². The van der Waals surface area contributed by atoms with E-state index in [2.05, 4.69) is 6.92 Å². The van der Waals surface area contributed by atoms with E-state index in [0.717, 1.165) is 12.2 Å². The normalized spacial score (nSPS) is 28.5. The van der Waals surface area contributed by atoms with E-state index in [1.165, 1.54) is 5.75 Å². The summed E-state index contributed by atoms with van der Waals surface area (Å²) in [4.78, 5) is 0. The summed E-state index contributed by atoms with van der Waals surface area (Å²) in [5.41, 5.74) is 0. The molecule has 0 aliphatic carbocycles. The van der Waals surface area contributed by atoms with Crippen LogP contribution in [0, 0.1) is 5.41 Å². The van der Waals surface area contributed by atoms with Crippen LogP contribution in [0.5, 0.6) is 0 Å². The molecule has 4 heteroatoms. The minimum Gasteiger partial charge on any atom is -0.481 e. The molecule has 0 bridgehead atoms. The smallest absolute Gasteiger partial charge is 0.195 e. The predicted octanol–water partition coefficient (Wildman–Crippen LogP) is 2.63. The Kier molecular flexibility index (Phi) is 5.02. The Morgan fingerprint density at radius 3 is 2.69 bits per heavy atom. The number of ether oxygens (including phenoxy) is 1. The van der Waals surface area contributed by atoms with Crippen LogP contribution in [-0.2, 0) is 4.74 Å². The zero-order chi connectivity index (χ0) is 9.68. The lowest BCUT2D eigenvalue weighted by Crippen LogP contribution is -2.33. The van der Waals surface area contributed by atoms with Crippen LogP contribution in [0.1, 0.15) is 20.3 Å². The molecular formula is C9H17NOS2. The van der Waals surface area contributed by atoms with Crippen molar-refractivity contribution in [3.63, 3.8) is 0 Å². The fraction of sp³-hybridized carbons (Fsp3) is 0.889. The van der Waals surface area contributed by atoms with Crippen LogP contribution in [-0.4, -0.2) is 34.5 Å². The number of nitrogens with one attached hydrogen (secondary N) is 1. The lowest BCUT2D eigenvalue weighted by atomic mass is 10.2. The van der Waals surface area contributed by atoms with Gasteiger partial charge in [0.1, 0.15) is 0 Å². The predicted molar refractivity (Wildman–Crippen MR) is 62.1 cm³/mol. The van der Waals surface area contributed by atoms with E-state index in [4.69, 9.17) is 10.1 Å². The minimum atomic E-state index is 0.295. The Bertz CT molecular complexity index is 175. The number of hydrogen-bond acceptors (Lipinski definition) is 4. The fourth-order valence-electron chi connectivity index (χ4n) is 1.38. The third-order valence-electron chi connectivity index (χ3n) is 2.01. The van der Waals surface area contributed by atoms with Crippen LogP contribution in [0.15, 0.2) is 0 Å². The summed E-state index contributed by atoms with van der Waals surface area (Å²) >= 11 is 3.86. The van der Waals surface area contributed by atoms with Crippen LogP contribution in [0.4, 0.5) is 0 Å². The molecule has 1 saturated heterocycles. The van der Waals surface area contributed by atoms with E-state index in [1.807, 2.05) is 30.4 Å². The average Bonchev–Trinajstić information content (AvgIpc) is 2.18. The summed E-state index contributed by atoms with van der Waals surface area (Å²) < 4.78 is 5.26. The Labute approximate surface area is 88.7 Å². The molecule has 13 heavy (non-hydrogen) atoms. The molecule has 0 spiro atoms. The Morgan fingerprint density at radius 1 is 1.38 bits per heavy atom. The monoisotopic (exact) mass is 219 g/mol. The molecule has 1 fully saturated rings. The molecule has 2 atom stereocenters. The van der Waals surface area contributed by atoms with Gasteiger partial charge in [0.15, 0.2) is 5.90 Å². The maximum absolute atomic E-state index is 7.76. The van der Waals surface area contributed by atoms with Gasteiger partial charge in [-0.25, -0.2) is 0 Å². The van der Waals surface area contributed by atoms with Crippen molar-refractivity contribution in [1.29, 1.82) is 5.41 Å². The van der Waals surface area contributed by atoms with Gasteiger partial charge in [0.2, 0.25) is 0 Å².